The van der Waals surface area contributed by atoms with Crippen molar-refractivity contribution in [3.8, 4) is 0 Å². The van der Waals surface area contributed by atoms with Crippen LogP contribution in [0.15, 0.2) is 6.20 Å². The average molecular weight is 251 g/mol. The first kappa shape index (κ1) is 11.6. The van der Waals surface area contributed by atoms with Gasteiger partial charge < -0.3 is 10.3 Å². The largest absolute Gasteiger partial charge is 0.333 e. The Morgan fingerprint density at radius 1 is 1.35 bits per heavy atom. The van der Waals surface area contributed by atoms with E-state index in [1.807, 2.05) is 0 Å². The molecule has 0 amide bonds. The van der Waals surface area contributed by atoms with E-state index >= 15 is 0 Å². The molecule has 1 aromatic rings. The molecule has 4 heteroatoms. The van der Waals surface area contributed by atoms with E-state index in [-0.39, 0.29) is 6.04 Å². The van der Waals surface area contributed by atoms with Gasteiger partial charge in [-0.2, -0.15) is 11.8 Å². The molecule has 1 unspecified atom stereocenters. The number of rotatable bonds is 2. The summed E-state index contributed by atoms with van der Waals surface area (Å²) in [6, 6.07) is 0.166. The molecule has 2 N–H and O–H groups in total. The Labute approximate surface area is 107 Å². The van der Waals surface area contributed by atoms with Crippen LogP contribution in [0.4, 0.5) is 0 Å². The monoisotopic (exact) mass is 251 g/mol. The minimum absolute atomic E-state index is 0.166. The lowest BCUT2D eigenvalue weighted by molar-refractivity contribution is 0.451. The lowest BCUT2D eigenvalue weighted by atomic mass is 9.97. The highest BCUT2D eigenvalue weighted by Crippen LogP contribution is 2.27. The molecular formula is C13H21N3S. The molecule has 3 rings (SSSR count). The van der Waals surface area contributed by atoms with Crippen LogP contribution >= 0.6 is 11.8 Å². The Morgan fingerprint density at radius 2 is 2.18 bits per heavy atom. The second kappa shape index (κ2) is 5.02. The van der Waals surface area contributed by atoms with Crippen molar-refractivity contribution in [3.05, 3.63) is 17.7 Å². The van der Waals surface area contributed by atoms with E-state index in [4.69, 9.17) is 10.7 Å². The Kier molecular flexibility index (Phi) is 3.43. The summed E-state index contributed by atoms with van der Waals surface area (Å²) in [5.41, 5.74) is 7.38. The van der Waals surface area contributed by atoms with Gasteiger partial charge in [-0.05, 0) is 49.5 Å². The molecule has 1 atom stereocenters. The van der Waals surface area contributed by atoms with Crippen molar-refractivity contribution in [1.82, 2.24) is 9.55 Å². The Bertz CT molecular complexity index is 382. The molecule has 0 bridgehead atoms. The van der Waals surface area contributed by atoms with Crippen LogP contribution in [0.1, 0.15) is 43.2 Å². The maximum Gasteiger partial charge on any atom is 0.125 e. The van der Waals surface area contributed by atoms with Crippen molar-refractivity contribution in [1.29, 1.82) is 0 Å². The first-order chi connectivity index (χ1) is 8.33. The van der Waals surface area contributed by atoms with E-state index in [2.05, 4.69) is 22.5 Å². The van der Waals surface area contributed by atoms with Crippen LogP contribution in [0, 0.1) is 5.92 Å². The maximum atomic E-state index is 6.11. The number of nitrogens with two attached hydrogens (primary N) is 1. The van der Waals surface area contributed by atoms with Gasteiger partial charge in [-0.1, -0.05) is 0 Å². The van der Waals surface area contributed by atoms with Crippen molar-refractivity contribution in [2.75, 3.05) is 11.5 Å². The first-order valence-electron chi connectivity index (χ1n) is 6.72. The summed E-state index contributed by atoms with van der Waals surface area (Å²) in [6.07, 6.45) is 8.42. The maximum absolute atomic E-state index is 6.11. The van der Waals surface area contributed by atoms with Crippen molar-refractivity contribution < 1.29 is 0 Å². The molecule has 2 aliphatic rings. The van der Waals surface area contributed by atoms with Gasteiger partial charge in [0.2, 0.25) is 0 Å². The van der Waals surface area contributed by atoms with E-state index in [1.54, 1.807) is 0 Å². The van der Waals surface area contributed by atoms with Gasteiger partial charge in [-0.3, -0.25) is 0 Å². The SMILES string of the molecule is NC1CCCn2cc(CC3CCSCC3)nc21. The molecule has 17 heavy (non-hydrogen) atoms. The molecule has 0 radical (unpaired) electrons. The number of hydrogen-bond acceptors (Lipinski definition) is 3. The number of aromatic nitrogens is 2. The summed E-state index contributed by atoms with van der Waals surface area (Å²) in [5, 5.41) is 0. The molecule has 3 heterocycles. The molecule has 1 saturated heterocycles. The van der Waals surface area contributed by atoms with Crippen LogP contribution in [0.25, 0.3) is 0 Å². The van der Waals surface area contributed by atoms with Crippen LogP contribution in [0.5, 0.6) is 0 Å². The Hall–Kier alpha value is -0.480. The van der Waals surface area contributed by atoms with Gasteiger partial charge in [0.1, 0.15) is 5.82 Å². The third-order valence-electron chi connectivity index (χ3n) is 3.94. The molecular weight excluding hydrogens is 230 g/mol. The van der Waals surface area contributed by atoms with Crippen molar-refractivity contribution in [2.24, 2.45) is 11.7 Å². The van der Waals surface area contributed by atoms with Crippen LogP contribution in [-0.4, -0.2) is 21.1 Å². The average Bonchev–Trinajstić information content (AvgIpc) is 2.74. The number of imidazole rings is 1. The summed E-state index contributed by atoms with van der Waals surface area (Å²) in [7, 11) is 0. The van der Waals surface area contributed by atoms with E-state index < -0.39 is 0 Å². The summed E-state index contributed by atoms with van der Waals surface area (Å²) in [4.78, 5) is 4.76. The second-order valence-corrected chi connectivity index (χ2v) is 6.52. The van der Waals surface area contributed by atoms with E-state index in [0.29, 0.717) is 0 Å². The normalized spacial score (nSPS) is 25.8. The predicted octanol–water partition coefficient (Wildman–Crippen LogP) is 2.36. The summed E-state index contributed by atoms with van der Waals surface area (Å²) in [6.45, 7) is 1.11. The fourth-order valence-corrected chi connectivity index (χ4v) is 4.12. The smallest absolute Gasteiger partial charge is 0.125 e. The lowest BCUT2D eigenvalue weighted by Gasteiger charge is -2.20. The van der Waals surface area contributed by atoms with E-state index in [9.17, 15) is 0 Å². The van der Waals surface area contributed by atoms with Crippen molar-refractivity contribution >= 4 is 11.8 Å². The van der Waals surface area contributed by atoms with E-state index in [0.717, 1.165) is 31.1 Å². The van der Waals surface area contributed by atoms with Gasteiger partial charge in [-0.15, -0.1) is 0 Å². The fraction of sp³-hybridized carbons (Fsp3) is 0.769. The van der Waals surface area contributed by atoms with Gasteiger partial charge in [0, 0.05) is 12.7 Å². The molecule has 1 aromatic heterocycles. The van der Waals surface area contributed by atoms with Crippen LogP contribution < -0.4 is 5.73 Å². The fourth-order valence-electron chi connectivity index (χ4n) is 2.92. The zero-order valence-electron chi connectivity index (χ0n) is 10.3. The molecule has 94 valence electrons. The molecule has 2 aliphatic heterocycles. The Balaban J connectivity index is 1.71. The topological polar surface area (TPSA) is 43.8 Å². The Morgan fingerprint density at radius 3 is 2.94 bits per heavy atom. The van der Waals surface area contributed by atoms with Gasteiger partial charge in [-0.25, -0.2) is 4.98 Å². The van der Waals surface area contributed by atoms with E-state index in [1.165, 1.54) is 36.5 Å². The quantitative estimate of drug-likeness (QED) is 0.877. The highest BCUT2D eigenvalue weighted by molar-refractivity contribution is 7.99. The van der Waals surface area contributed by atoms with Gasteiger partial charge >= 0.3 is 0 Å². The second-order valence-electron chi connectivity index (χ2n) is 5.29. The number of aryl methyl sites for hydroxylation is 1. The van der Waals surface area contributed by atoms with Crippen molar-refractivity contribution in [3.63, 3.8) is 0 Å². The molecule has 3 nitrogen and oxygen atoms in total. The highest BCUT2D eigenvalue weighted by Gasteiger charge is 2.21. The minimum Gasteiger partial charge on any atom is -0.333 e. The number of thioether (sulfide) groups is 1. The van der Waals surface area contributed by atoms with Crippen molar-refractivity contribution in [2.45, 2.75) is 44.7 Å². The summed E-state index contributed by atoms with van der Waals surface area (Å²) in [5.74, 6) is 4.64. The number of fused-ring (bicyclic) bond motifs is 1. The highest BCUT2D eigenvalue weighted by atomic mass is 32.2. The molecule has 0 saturated carbocycles. The molecule has 1 fully saturated rings. The van der Waals surface area contributed by atoms with Gasteiger partial charge in [0.25, 0.3) is 0 Å². The molecule has 0 aromatic carbocycles. The third kappa shape index (κ3) is 2.52. The first-order valence-corrected chi connectivity index (χ1v) is 7.87. The standard InChI is InChI=1S/C13H21N3S/c14-12-2-1-5-16-9-11(15-13(12)16)8-10-3-6-17-7-4-10/h9-10,12H,1-8,14H2. The van der Waals surface area contributed by atoms with Crippen LogP contribution in [-0.2, 0) is 13.0 Å². The van der Waals surface area contributed by atoms with Crippen LogP contribution in [0.2, 0.25) is 0 Å². The molecule has 0 aliphatic carbocycles. The minimum atomic E-state index is 0.166. The zero-order chi connectivity index (χ0) is 11.7. The summed E-state index contributed by atoms with van der Waals surface area (Å²) < 4.78 is 2.28. The lowest BCUT2D eigenvalue weighted by Crippen LogP contribution is -2.21. The van der Waals surface area contributed by atoms with Gasteiger partial charge in [0.15, 0.2) is 0 Å². The van der Waals surface area contributed by atoms with Gasteiger partial charge in [0.05, 0.1) is 11.7 Å². The number of nitrogens with zero attached hydrogens (tertiary/aromatic N) is 2. The van der Waals surface area contributed by atoms with Crippen LogP contribution in [0.3, 0.4) is 0 Å². The molecule has 0 spiro atoms. The zero-order valence-corrected chi connectivity index (χ0v) is 11.1. The number of hydrogen-bond donors (Lipinski definition) is 1. The third-order valence-corrected chi connectivity index (χ3v) is 4.99. The summed E-state index contributed by atoms with van der Waals surface area (Å²) >= 11 is 2.09. The predicted molar refractivity (Wildman–Crippen MR) is 72.1 cm³/mol.